The van der Waals surface area contributed by atoms with Crippen LogP contribution in [0.4, 0.5) is 5.69 Å². The summed E-state index contributed by atoms with van der Waals surface area (Å²) in [5, 5.41) is 14.2. The average Bonchev–Trinajstić information content (AvgIpc) is 3.20. The van der Waals surface area contributed by atoms with Gasteiger partial charge in [-0.15, -0.1) is 0 Å². The van der Waals surface area contributed by atoms with E-state index in [2.05, 4.69) is 25.5 Å². The Morgan fingerprint density at radius 2 is 2.36 bits per heavy atom. The maximum atomic E-state index is 12.3. The summed E-state index contributed by atoms with van der Waals surface area (Å²) < 4.78 is 1.94. The molecule has 0 aromatic carbocycles. The van der Waals surface area contributed by atoms with E-state index >= 15 is 0 Å². The van der Waals surface area contributed by atoms with Gasteiger partial charge in [-0.2, -0.15) is 10.2 Å². The Hall–Kier alpha value is -2.15. The van der Waals surface area contributed by atoms with Gasteiger partial charge in [-0.25, -0.2) is 0 Å². The van der Waals surface area contributed by atoms with Gasteiger partial charge in [0.05, 0.1) is 30.2 Å². The molecule has 7 heteroatoms. The number of carbonyl (C=O) groups is 1. The van der Waals surface area contributed by atoms with Gasteiger partial charge in [0.2, 0.25) is 5.91 Å². The normalized spacial score (nSPS) is 18.7. The van der Waals surface area contributed by atoms with E-state index in [0.717, 1.165) is 43.0 Å². The molecule has 1 atom stereocenters. The number of H-pyrrole nitrogens is 1. The second kappa shape index (κ2) is 6.31. The van der Waals surface area contributed by atoms with Gasteiger partial charge in [0, 0.05) is 18.4 Å². The molecule has 1 aliphatic rings. The van der Waals surface area contributed by atoms with Crippen LogP contribution < -0.4 is 5.32 Å². The Labute approximate surface area is 129 Å². The molecule has 1 amide bonds. The lowest BCUT2D eigenvalue weighted by molar-refractivity contribution is -0.117. The number of carbonyl (C=O) groups excluding carboxylic acids is 1. The zero-order valence-corrected chi connectivity index (χ0v) is 13.0. The van der Waals surface area contributed by atoms with Crippen LogP contribution in [0.5, 0.6) is 0 Å². The van der Waals surface area contributed by atoms with E-state index in [9.17, 15) is 4.79 Å². The Morgan fingerprint density at radius 1 is 1.50 bits per heavy atom. The van der Waals surface area contributed by atoms with Crippen LogP contribution >= 0.6 is 0 Å². The molecule has 0 bridgehead atoms. The van der Waals surface area contributed by atoms with E-state index in [4.69, 9.17) is 0 Å². The van der Waals surface area contributed by atoms with Crippen LogP contribution in [-0.4, -0.2) is 49.9 Å². The summed E-state index contributed by atoms with van der Waals surface area (Å²) in [5.74, 6) is 0.0139. The van der Waals surface area contributed by atoms with Crippen molar-refractivity contribution in [3.63, 3.8) is 0 Å². The second-order valence-electron chi connectivity index (χ2n) is 5.85. The molecule has 1 fully saturated rings. The van der Waals surface area contributed by atoms with Gasteiger partial charge in [0.1, 0.15) is 0 Å². The summed E-state index contributed by atoms with van der Waals surface area (Å²) in [6.07, 6.45) is 5.99. The quantitative estimate of drug-likeness (QED) is 0.873. The van der Waals surface area contributed by atoms with Gasteiger partial charge >= 0.3 is 0 Å². The number of nitrogens with one attached hydrogen (secondary N) is 2. The zero-order chi connectivity index (χ0) is 15.5. The maximum Gasteiger partial charge on any atom is 0.238 e. The number of rotatable bonds is 5. The molecule has 0 radical (unpaired) electrons. The van der Waals surface area contributed by atoms with Crippen molar-refractivity contribution < 1.29 is 4.79 Å². The largest absolute Gasteiger partial charge is 0.322 e. The van der Waals surface area contributed by atoms with E-state index < -0.39 is 0 Å². The third-order valence-electron chi connectivity index (χ3n) is 4.20. The number of hydrogen-bond donors (Lipinski definition) is 2. The molecule has 1 saturated heterocycles. The summed E-state index contributed by atoms with van der Waals surface area (Å²) in [6.45, 7) is 6.00. The van der Waals surface area contributed by atoms with Crippen LogP contribution in [0.3, 0.4) is 0 Å². The van der Waals surface area contributed by atoms with Crippen LogP contribution in [0, 0.1) is 13.8 Å². The molecule has 7 nitrogen and oxygen atoms in total. The van der Waals surface area contributed by atoms with Crippen molar-refractivity contribution in [3.05, 3.63) is 29.8 Å². The highest BCUT2D eigenvalue weighted by Crippen LogP contribution is 2.20. The standard InChI is InChI=1S/C15H22N6O/c1-11-15(12(2)19-18-11)17-14(22)10-20-7-3-5-13(20)9-21-8-4-6-16-21/h4,6,8,13H,3,5,7,9-10H2,1-2H3,(H,17,22)(H,18,19). The molecule has 2 aromatic heterocycles. The van der Waals surface area contributed by atoms with Crippen molar-refractivity contribution in [3.8, 4) is 0 Å². The monoisotopic (exact) mass is 302 g/mol. The van der Waals surface area contributed by atoms with E-state index in [1.165, 1.54) is 0 Å². The van der Waals surface area contributed by atoms with Gasteiger partial charge < -0.3 is 5.32 Å². The van der Waals surface area contributed by atoms with Gasteiger partial charge in [-0.3, -0.25) is 19.5 Å². The number of aromatic amines is 1. The first kappa shape index (κ1) is 14.8. The van der Waals surface area contributed by atoms with Gasteiger partial charge in [0.15, 0.2) is 0 Å². The lowest BCUT2D eigenvalue weighted by atomic mass is 10.2. The summed E-state index contributed by atoms with van der Waals surface area (Å²) in [4.78, 5) is 14.5. The number of aryl methyl sites for hydroxylation is 2. The molecule has 22 heavy (non-hydrogen) atoms. The second-order valence-corrected chi connectivity index (χ2v) is 5.85. The first-order valence-electron chi connectivity index (χ1n) is 7.66. The van der Waals surface area contributed by atoms with Crippen LogP contribution in [0.15, 0.2) is 18.5 Å². The first-order chi connectivity index (χ1) is 10.6. The lowest BCUT2D eigenvalue weighted by Gasteiger charge is -2.23. The highest BCUT2D eigenvalue weighted by Gasteiger charge is 2.27. The van der Waals surface area contributed by atoms with E-state index in [-0.39, 0.29) is 5.91 Å². The first-order valence-corrected chi connectivity index (χ1v) is 7.66. The van der Waals surface area contributed by atoms with Gasteiger partial charge in [0.25, 0.3) is 0 Å². The highest BCUT2D eigenvalue weighted by molar-refractivity contribution is 5.93. The molecule has 1 unspecified atom stereocenters. The van der Waals surface area contributed by atoms with Crippen LogP contribution in [-0.2, 0) is 11.3 Å². The molecule has 0 saturated carbocycles. The fraction of sp³-hybridized carbons (Fsp3) is 0.533. The van der Waals surface area contributed by atoms with Crippen molar-refractivity contribution in [1.82, 2.24) is 24.9 Å². The Balaban J connectivity index is 1.58. The summed E-state index contributed by atoms with van der Waals surface area (Å²) in [5.41, 5.74) is 2.51. The zero-order valence-electron chi connectivity index (χ0n) is 13.0. The minimum atomic E-state index is 0.0139. The molecule has 3 rings (SSSR count). The lowest BCUT2D eigenvalue weighted by Crippen LogP contribution is -2.39. The third-order valence-corrected chi connectivity index (χ3v) is 4.20. The molecular weight excluding hydrogens is 280 g/mol. The third kappa shape index (κ3) is 3.19. The molecule has 0 aliphatic carbocycles. The van der Waals surface area contributed by atoms with Gasteiger partial charge in [-0.1, -0.05) is 0 Å². The number of aromatic nitrogens is 4. The molecule has 2 N–H and O–H groups in total. The SMILES string of the molecule is Cc1n[nH]c(C)c1NC(=O)CN1CCCC1Cn1cccn1. The minimum Gasteiger partial charge on any atom is -0.322 e. The minimum absolute atomic E-state index is 0.0139. The van der Waals surface area contributed by atoms with Crippen molar-refractivity contribution in [2.45, 2.75) is 39.3 Å². The van der Waals surface area contributed by atoms with Crippen molar-refractivity contribution in [1.29, 1.82) is 0 Å². The number of amides is 1. The summed E-state index contributed by atoms with van der Waals surface area (Å²) >= 11 is 0. The van der Waals surface area contributed by atoms with Crippen molar-refractivity contribution in [2.75, 3.05) is 18.4 Å². The number of anilines is 1. The maximum absolute atomic E-state index is 12.3. The van der Waals surface area contributed by atoms with Crippen LogP contribution in [0.2, 0.25) is 0 Å². The van der Waals surface area contributed by atoms with Crippen LogP contribution in [0.1, 0.15) is 24.2 Å². The Bertz CT molecular complexity index is 613. The summed E-state index contributed by atoms with van der Waals surface area (Å²) in [7, 11) is 0. The predicted molar refractivity (Wildman–Crippen MR) is 83.5 cm³/mol. The molecule has 118 valence electrons. The van der Waals surface area contributed by atoms with Gasteiger partial charge in [-0.05, 0) is 39.3 Å². The predicted octanol–water partition coefficient (Wildman–Crippen LogP) is 1.33. The fourth-order valence-corrected chi connectivity index (χ4v) is 3.03. The molecule has 2 aromatic rings. The number of nitrogens with zero attached hydrogens (tertiary/aromatic N) is 4. The molecule has 1 aliphatic heterocycles. The van der Waals surface area contributed by atoms with E-state index in [0.29, 0.717) is 12.6 Å². The smallest absolute Gasteiger partial charge is 0.238 e. The van der Waals surface area contributed by atoms with Crippen LogP contribution in [0.25, 0.3) is 0 Å². The molecule has 0 spiro atoms. The summed E-state index contributed by atoms with van der Waals surface area (Å²) in [6, 6.07) is 2.30. The van der Waals surface area contributed by atoms with Crippen molar-refractivity contribution >= 4 is 11.6 Å². The average molecular weight is 302 g/mol. The number of hydrogen-bond acceptors (Lipinski definition) is 4. The topological polar surface area (TPSA) is 78.8 Å². The van der Waals surface area contributed by atoms with E-state index in [1.807, 2.05) is 30.8 Å². The highest BCUT2D eigenvalue weighted by atomic mass is 16.2. The van der Waals surface area contributed by atoms with E-state index in [1.54, 1.807) is 6.20 Å². The fourth-order valence-electron chi connectivity index (χ4n) is 3.03. The number of likely N-dealkylation sites (tertiary alicyclic amines) is 1. The van der Waals surface area contributed by atoms with Crippen molar-refractivity contribution in [2.24, 2.45) is 0 Å². The Morgan fingerprint density at radius 3 is 3.05 bits per heavy atom. The molecule has 3 heterocycles. The Kier molecular flexibility index (Phi) is 4.24. The molecular formula is C15H22N6O.